The van der Waals surface area contributed by atoms with Gasteiger partial charge in [0.05, 0.1) is 11.4 Å². The third kappa shape index (κ3) is 5.85. The Morgan fingerprint density at radius 3 is 1.64 bits per heavy atom. The van der Waals surface area contributed by atoms with Crippen molar-refractivity contribution >= 4 is 44.7 Å². The van der Waals surface area contributed by atoms with Crippen LogP contribution in [-0.2, 0) is 0 Å². The largest absolute Gasteiger partial charge is 0.248 e. The monoisotopic (exact) mass is 770 g/mol. The van der Waals surface area contributed by atoms with Crippen molar-refractivity contribution in [3.05, 3.63) is 221 Å². The Balaban J connectivity index is 0.956. The van der Waals surface area contributed by atoms with Crippen LogP contribution in [0.1, 0.15) is 28.5 Å². The minimum absolute atomic E-state index is 0.168. The number of allylic oxidation sites excluding steroid dienone is 4. The van der Waals surface area contributed by atoms with E-state index in [2.05, 4.69) is 194 Å². The van der Waals surface area contributed by atoms with Crippen molar-refractivity contribution in [2.75, 3.05) is 0 Å². The number of hydrogen-bond donors (Lipinski definition) is 0. The summed E-state index contributed by atoms with van der Waals surface area (Å²) in [6, 6.07) is 64.6. The highest BCUT2D eigenvalue weighted by molar-refractivity contribution is 8.03. The lowest BCUT2D eigenvalue weighted by atomic mass is 9.70. The summed E-state index contributed by atoms with van der Waals surface area (Å²) in [5.74, 6) is 2.31. The molecular formula is C54H34N4S. The fourth-order valence-corrected chi connectivity index (χ4v) is 10.3. The topological polar surface area (TPSA) is 51.0 Å². The molecule has 3 aliphatic rings. The van der Waals surface area contributed by atoms with Crippen LogP contribution in [0.15, 0.2) is 215 Å². The second-order valence-corrected chi connectivity index (χ2v) is 16.5. The predicted molar refractivity (Wildman–Crippen MR) is 243 cm³/mol. The molecule has 0 bridgehead atoms. The number of fused-ring (bicyclic) bond motifs is 9. The van der Waals surface area contributed by atoms with Gasteiger partial charge in [0, 0.05) is 39.0 Å². The van der Waals surface area contributed by atoms with Crippen LogP contribution < -0.4 is 0 Å². The molecular weight excluding hydrogens is 737 g/mol. The lowest BCUT2D eigenvalue weighted by molar-refractivity contribution is 0.698. The zero-order valence-electron chi connectivity index (χ0n) is 31.8. The predicted octanol–water partition coefficient (Wildman–Crippen LogP) is 13.8. The number of thioether (sulfide) groups is 1. The van der Waals surface area contributed by atoms with E-state index in [4.69, 9.17) is 19.9 Å². The first-order chi connectivity index (χ1) is 29.2. The van der Waals surface area contributed by atoms with Crippen molar-refractivity contribution in [1.29, 1.82) is 0 Å². The van der Waals surface area contributed by atoms with Gasteiger partial charge in [-0.1, -0.05) is 170 Å². The van der Waals surface area contributed by atoms with Gasteiger partial charge >= 0.3 is 0 Å². The molecule has 2 aliphatic heterocycles. The Labute approximate surface area is 346 Å². The maximum Gasteiger partial charge on any atom is 0.164 e. The minimum atomic E-state index is 0.168. The molecule has 12 rings (SSSR count). The van der Waals surface area contributed by atoms with E-state index in [1.807, 2.05) is 11.8 Å². The molecule has 1 aromatic heterocycles. The van der Waals surface area contributed by atoms with Crippen LogP contribution in [0, 0.1) is 0 Å². The van der Waals surface area contributed by atoms with Crippen molar-refractivity contribution in [3.63, 3.8) is 0 Å². The quantitative estimate of drug-likeness (QED) is 0.175. The Hall–Kier alpha value is -7.21. The summed E-state index contributed by atoms with van der Waals surface area (Å²) in [6.07, 6.45) is 4.64. The average molecular weight is 771 g/mol. The third-order valence-electron chi connectivity index (χ3n) is 11.9. The van der Waals surface area contributed by atoms with E-state index in [-0.39, 0.29) is 11.8 Å². The van der Waals surface area contributed by atoms with Gasteiger partial charge in [-0.05, 0) is 90.7 Å². The summed E-state index contributed by atoms with van der Waals surface area (Å²) in [4.78, 5) is 23.4. The number of para-hydroxylation sites is 1. The second kappa shape index (κ2) is 13.7. The molecule has 0 spiro atoms. The van der Waals surface area contributed by atoms with E-state index in [1.54, 1.807) is 0 Å². The standard InChI is InChI=1S/C54H34N4S/c1-2-13-35(14-3-1)51-44-26-28-48-50(49(44)43-19-8-9-20-46(43)55-51)45-32-39(25-27-47(45)59-48)38-17-10-18-40(31-38)52-56-53(41-23-21-33-11-4-6-15-36(33)29-41)58-54(57-52)42-24-22-34-12-5-7-16-37(34)30-42/h1-32,49-50H. The van der Waals surface area contributed by atoms with E-state index >= 15 is 0 Å². The molecule has 2 unspecified atom stereocenters. The molecule has 9 aromatic rings. The van der Waals surface area contributed by atoms with Crippen LogP contribution in [-0.4, -0.2) is 20.7 Å². The van der Waals surface area contributed by atoms with Crippen LogP contribution in [0.5, 0.6) is 0 Å². The lowest BCUT2D eigenvalue weighted by Crippen LogP contribution is -2.24. The molecule has 4 nitrogen and oxygen atoms in total. The number of nitrogens with zero attached hydrogens (tertiary/aromatic N) is 4. The van der Waals surface area contributed by atoms with E-state index < -0.39 is 0 Å². The van der Waals surface area contributed by atoms with Gasteiger partial charge in [-0.15, -0.1) is 0 Å². The number of hydrogen-bond acceptors (Lipinski definition) is 5. The normalized spacial score (nSPS) is 16.4. The highest BCUT2D eigenvalue weighted by Gasteiger charge is 2.43. The lowest BCUT2D eigenvalue weighted by Gasteiger charge is -2.35. The third-order valence-corrected chi connectivity index (χ3v) is 13.1. The molecule has 8 aromatic carbocycles. The zero-order valence-corrected chi connectivity index (χ0v) is 32.6. The number of benzene rings is 8. The highest BCUT2D eigenvalue weighted by atomic mass is 32.2. The van der Waals surface area contributed by atoms with Gasteiger partial charge in [0.15, 0.2) is 17.5 Å². The second-order valence-electron chi connectivity index (χ2n) is 15.4. The van der Waals surface area contributed by atoms with Gasteiger partial charge in [-0.2, -0.15) is 0 Å². The van der Waals surface area contributed by atoms with Crippen molar-refractivity contribution in [2.45, 2.75) is 16.7 Å². The molecule has 0 amide bonds. The summed E-state index contributed by atoms with van der Waals surface area (Å²) in [6.45, 7) is 0. The summed E-state index contributed by atoms with van der Waals surface area (Å²) < 4.78 is 0. The van der Waals surface area contributed by atoms with E-state index in [9.17, 15) is 0 Å². The maximum absolute atomic E-state index is 5.25. The SMILES string of the molecule is C1=C2C(c3ccccc3)=Nc3ccccc3C2C2C(=C1)Sc1ccc(-c3cccc(-c4nc(-c5ccc6ccccc6c5)nc(-c5ccc6ccccc6c5)n4)c3)cc12. The average Bonchev–Trinajstić information content (AvgIpc) is 3.69. The smallest absolute Gasteiger partial charge is 0.164 e. The number of rotatable bonds is 5. The zero-order chi connectivity index (χ0) is 38.9. The van der Waals surface area contributed by atoms with Crippen LogP contribution in [0.2, 0.25) is 0 Å². The van der Waals surface area contributed by atoms with Gasteiger partial charge in [0.25, 0.3) is 0 Å². The summed E-state index contributed by atoms with van der Waals surface area (Å²) in [5, 5.41) is 4.66. The van der Waals surface area contributed by atoms with Crippen LogP contribution in [0.4, 0.5) is 5.69 Å². The maximum atomic E-state index is 5.25. The molecule has 0 saturated carbocycles. The Morgan fingerprint density at radius 1 is 0.373 bits per heavy atom. The molecule has 276 valence electrons. The number of aliphatic imine (C=N–C) groups is 1. The Bertz CT molecular complexity index is 3170. The number of aromatic nitrogens is 3. The molecule has 0 radical (unpaired) electrons. The first-order valence-corrected chi connectivity index (χ1v) is 20.8. The van der Waals surface area contributed by atoms with Gasteiger partial charge < -0.3 is 0 Å². The molecule has 59 heavy (non-hydrogen) atoms. The Kier molecular flexibility index (Phi) is 7.88. The first-order valence-electron chi connectivity index (χ1n) is 20.0. The molecule has 3 heterocycles. The van der Waals surface area contributed by atoms with E-state index in [0.717, 1.165) is 50.0 Å². The minimum Gasteiger partial charge on any atom is -0.248 e. The first kappa shape index (κ1) is 33.9. The van der Waals surface area contributed by atoms with Crippen molar-refractivity contribution in [1.82, 2.24) is 15.0 Å². The van der Waals surface area contributed by atoms with E-state index in [0.29, 0.717) is 17.5 Å². The van der Waals surface area contributed by atoms with Crippen molar-refractivity contribution in [2.24, 2.45) is 4.99 Å². The van der Waals surface area contributed by atoms with Crippen molar-refractivity contribution in [3.8, 4) is 45.3 Å². The molecule has 0 saturated heterocycles. The molecule has 0 fully saturated rings. The van der Waals surface area contributed by atoms with Crippen LogP contribution >= 0.6 is 11.8 Å². The summed E-state index contributed by atoms with van der Waals surface area (Å²) in [7, 11) is 0. The fourth-order valence-electron chi connectivity index (χ4n) is 9.04. The summed E-state index contributed by atoms with van der Waals surface area (Å²) in [5.41, 5.74) is 12.3. The molecule has 2 atom stereocenters. The molecule has 5 heteroatoms. The van der Waals surface area contributed by atoms with Gasteiger partial charge in [0.2, 0.25) is 0 Å². The summed E-state index contributed by atoms with van der Waals surface area (Å²) >= 11 is 1.90. The van der Waals surface area contributed by atoms with Gasteiger partial charge in [-0.25, -0.2) is 19.9 Å². The van der Waals surface area contributed by atoms with E-state index in [1.165, 1.54) is 42.8 Å². The fraction of sp³-hybridized carbons (Fsp3) is 0.0370. The highest BCUT2D eigenvalue weighted by Crippen LogP contribution is 2.60. The van der Waals surface area contributed by atoms with Crippen molar-refractivity contribution < 1.29 is 0 Å². The molecule has 1 aliphatic carbocycles. The van der Waals surface area contributed by atoms with Gasteiger partial charge in [0.1, 0.15) is 0 Å². The van der Waals surface area contributed by atoms with Crippen LogP contribution in [0.25, 0.3) is 66.8 Å². The van der Waals surface area contributed by atoms with Crippen LogP contribution in [0.3, 0.4) is 0 Å². The Morgan fingerprint density at radius 2 is 0.932 bits per heavy atom. The van der Waals surface area contributed by atoms with Gasteiger partial charge in [-0.3, -0.25) is 0 Å². The molecule has 0 N–H and O–H groups in total.